The molecule has 0 amide bonds. The van der Waals surface area contributed by atoms with Gasteiger partial charge >= 0.3 is 0 Å². The largest absolute Gasteiger partial charge is 0.456 e. The molecule has 4 aromatic rings. The summed E-state index contributed by atoms with van der Waals surface area (Å²) in [4.78, 5) is 2.10. The summed E-state index contributed by atoms with van der Waals surface area (Å²) in [5.41, 5.74) is 4.45. The Balaban J connectivity index is 1.86. The molecule has 31 heavy (non-hydrogen) atoms. The lowest BCUT2D eigenvalue weighted by molar-refractivity contribution is 0.568. The molecule has 3 nitrogen and oxygen atoms in total. The predicted octanol–water partition coefficient (Wildman–Crippen LogP) is 4.82. The Labute approximate surface area is 196 Å². The third kappa shape index (κ3) is 4.85. The Morgan fingerprint density at radius 3 is 2.13 bits per heavy atom. The first-order valence-corrected chi connectivity index (χ1v) is 11.2. The van der Waals surface area contributed by atoms with E-state index in [1.807, 2.05) is 13.2 Å². The lowest BCUT2D eigenvalue weighted by Crippen LogP contribution is -2.14. The maximum Gasteiger partial charge on any atom is 0.136 e. The molecule has 0 saturated carbocycles. The number of anilines is 1. The quantitative estimate of drug-likeness (QED) is 0.383. The Morgan fingerprint density at radius 2 is 1.52 bits per heavy atom. The van der Waals surface area contributed by atoms with Crippen LogP contribution in [0.2, 0.25) is 0 Å². The Bertz CT molecular complexity index is 1260. The molecule has 156 valence electrons. The van der Waals surface area contributed by atoms with E-state index in [2.05, 4.69) is 132 Å². The van der Waals surface area contributed by atoms with Gasteiger partial charge in [0, 0.05) is 47.7 Å². The number of hydrogen-bond acceptors (Lipinski definition) is 3. The van der Waals surface area contributed by atoms with Gasteiger partial charge in [-0.15, -0.1) is 0 Å². The highest BCUT2D eigenvalue weighted by atomic mass is 127. The van der Waals surface area contributed by atoms with Gasteiger partial charge in [-0.05, 0) is 75.0 Å². The molecule has 0 aliphatic rings. The van der Waals surface area contributed by atoms with Crippen LogP contribution in [0, 0.1) is 3.57 Å². The van der Waals surface area contributed by atoms with Crippen LogP contribution in [-0.2, 0) is 0 Å². The van der Waals surface area contributed by atoms with Crippen LogP contribution < -0.4 is 20.7 Å². The number of nitrogens with zero attached hydrogens (tertiary/aromatic N) is 1. The molecule has 4 rings (SSSR count). The fraction of sp³-hybridized carbons (Fsp3) is 0.111. The zero-order valence-corrected chi connectivity index (χ0v) is 20.1. The number of furan rings is 1. The van der Waals surface area contributed by atoms with E-state index in [1.54, 1.807) is 0 Å². The minimum absolute atomic E-state index is 0.858. The lowest BCUT2D eigenvalue weighted by atomic mass is 10.00. The molecule has 0 aliphatic carbocycles. The van der Waals surface area contributed by atoms with Crippen molar-refractivity contribution in [2.75, 3.05) is 26.0 Å². The van der Waals surface area contributed by atoms with Crippen molar-refractivity contribution in [1.82, 2.24) is 5.32 Å². The number of hydrogen-bond donors (Lipinski definition) is 1. The zero-order chi connectivity index (χ0) is 21.8. The summed E-state index contributed by atoms with van der Waals surface area (Å²) in [5.74, 6) is 1.73. The van der Waals surface area contributed by atoms with Crippen molar-refractivity contribution in [3.63, 3.8) is 0 Å². The summed E-state index contributed by atoms with van der Waals surface area (Å²) in [7, 11) is 6.01. The van der Waals surface area contributed by atoms with E-state index in [0.717, 1.165) is 38.7 Å². The van der Waals surface area contributed by atoms with E-state index in [9.17, 15) is 0 Å². The third-order valence-corrected chi connectivity index (χ3v) is 5.88. The van der Waals surface area contributed by atoms with Crippen LogP contribution in [0.4, 0.5) is 5.69 Å². The van der Waals surface area contributed by atoms with Crippen molar-refractivity contribution >= 4 is 40.1 Å². The molecule has 0 bridgehead atoms. The maximum atomic E-state index is 6.37. The van der Waals surface area contributed by atoms with Crippen LogP contribution >= 0.6 is 22.6 Å². The van der Waals surface area contributed by atoms with Gasteiger partial charge in [0.25, 0.3) is 0 Å². The smallest absolute Gasteiger partial charge is 0.136 e. The van der Waals surface area contributed by atoms with Gasteiger partial charge < -0.3 is 14.6 Å². The highest BCUT2D eigenvalue weighted by molar-refractivity contribution is 14.1. The minimum atomic E-state index is 0.858. The van der Waals surface area contributed by atoms with Crippen LogP contribution in [0.25, 0.3) is 23.1 Å². The molecule has 0 radical (unpaired) electrons. The Morgan fingerprint density at radius 1 is 0.839 bits per heavy atom. The molecule has 1 aromatic heterocycles. The van der Waals surface area contributed by atoms with E-state index < -0.39 is 0 Å². The van der Waals surface area contributed by atoms with Crippen LogP contribution in [0.3, 0.4) is 0 Å². The molecule has 1 heterocycles. The lowest BCUT2D eigenvalue weighted by Gasteiger charge is -2.13. The first-order valence-electron chi connectivity index (χ1n) is 10.2. The van der Waals surface area contributed by atoms with Gasteiger partial charge in [0.1, 0.15) is 11.5 Å². The summed E-state index contributed by atoms with van der Waals surface area (Å²) < 4.78 is 7.57. The molecule has 0 saturated heterocycles. The van der Waals surface area contributed by atoms with Crippen molar-refractivity contribution in [3.05, 3.63) is 110 Å². The van der Waals surface area contributed by atoms with Gasteiger partial charge in [-0.25, -0.2) is 0 Å². The third-order valence-electron chi connectivity index (χ3n) is 5.16. The molecule has 4 heteroatoms. The molecule has 0 aliphatic heterocycles. The Kier molecular flexibility index (Phi) is 6.47. The van der Waals surface area contributed by atoms with E-state index in [-0.39, 0.29) is 0 Å². The van der Waals surface area contributed by atoms with Gasteiger partial charge in [-0.3, -0.25) is 0 Å². The van der Waals surface area contributed by atoms with E-state index in [1.165, 1.54) is 9.26 Å². The molecule has 1 N–H and O–H groups in total. The van der Waals surface area contributed by atoms with Crippen LogP contribution in [0.5, 0.6) is 0 Å². The molecule has 0 fully saturated rings. The second-order valence-electron chi connectivity index (χ2n) is 7.54. The summed E-state index contributed by atoms with van der Waals surface area (Å²) in [5, 5.41) is 5.33. The van der Waals surface area contributed by atoms with Gasteiger partial charge in [-0.1, -0.05) is 48.5 Å². The molecule has 0 spiro atoms. The SMILES string of the molecule is CNC=c1ccc(=C(c2ccc(N(C)C)cc2)c2ccc(-c3ccc(I)cc3)o2)cc1. The van der Waals surface area contributed by atoms with Gasteiger partial charge in [0.2, 0.25) is 0 Å². The standard InChI is InChI=1S/C27H25IN2O/c1-29-18-19-4-6-21(7-5-19)27(22-10-14-24(15-11-22)30(2)3)26-17-16-25(31-26)20-8-12-23(28)13-9-20/h4-18,29H,1-3H3. The first kappa shape index (κ1) is 21.2. The predicted molar refractivity (Wildman–Crippen MR) is 138 cm³/mol. The average Bonchev–Trinajstić information content (AvgIpc) is 3.26. The average molecular weight is 520 g/mol. The Hall–Kier alpha value is -2.99. The zero-order valence-electron chi connectivity index (χ0n) is 17.9. The van der Waals surface area contributed by atoms with E-state index in [4.69, 9.17) is 4.42 Å². The number of rotatable bonds is 5. The fourth-order valence-corrected chi connectivity index (χ4v) is 3.89. The second-order valence-corrected chi connectivity index (χ2v) is 8.79. The number of halogens is 1. The number of benzene rings is 3. The van der Waals surface area contributed by atoms with Crippen molar-refractivity contribution in [2.24, 2.45) is 0 Å². The minimum Gasteiger partial charge on any atom is -0.456 e. The van der Waals surface area contributed by atoms with Gasteiger partial charge in [0.05, 0.1) is 0 Å². The van der Waals surface area contributed by atoms with Crippen molar-refractivity contribution < 1.29 is 4.42 Å². The van der Waals surface area contributed by atoms with Crippen molar-refractivity contribution in [3.8, 4) is 11.3 Å². The van der Waals surface area contributed by atoms with Crippen molar-refractivity contribution in [1.29, 1.82) is 0 Å². The molecule has 0 unspecified atom stereocenters. The normalized spacial score (nSPS) is 10.6. The highest BCUT2D eigenvalue weighted by Crippen LogP contribution is 2.29. The summed E-state index contributed by atoms with van der Waals surface area (Å²) >= 11 is 2.32. The molecular formula is C27H25IN2O. The van der Waals surface area contributed by atoms with Gasteiger partial charge in [0.15, 0.2) is 0 Å². The van der Waals surface area contributed by atoms with E-state index in [0.29, 0.717) is 0 Å². The summed E-state index contributed by atoms with van der Waals surface area (Å²) in [6.45, 7) is 0. The topological polar surface area (TPSA) is 28.4 Å². The first-order chi connectivity index (χ1) is 15.0. The maximum absolute atomic E-state index is 6.37. The van der Waals surface area contributed by atoms with Crippen LogP contribution in [-0.4, -0.2) is 21.1 Å². The molecule has 3 aromatic carbocycles. The van der Waals surface area contributed by atoms with E-state index >= 15 is 0 Å². The van der Waals surface area contributed by atoms with Crippen LogP contribution in [0.15, 0.2) is 89.3 Å². The summed E-state index contributed by atoms with van der Waals surface area (Å²) in [6, 6.07) is 29.6. The fourth-order valence-electron chi connectivity index (χ4n) is 3.53. The molecule has 0 atom stereocenters. The monoisotopic (exact) mass is 520 g/mol. The highest BCUT2D eigenvalue weighted by Gasteiger charge is 2.13. The number of nitrogens with one attached hydrogen (secondary N) is 1. The molecular weight excluding hydrogens is 495 g/mol. The van der Waals surface area contributed by atoms with Crippen molar-refractivity contribution in [2.45, 2.75) is 0 Å². The second kappa shape index (κ2) is 9.43. The van der Waals surface area contributed by atoms with Gasteiger partial charge in [-0.2, -0.15) is 0 Å². The summed E-state index contributed by atoms with van der Waals surface area (Å²) in [6.07, 6.45) is 1.98. The van der Waals surface area contributed by atoms with Crippen LogP contribution in [0.1, 0.15) is 11.3 Å².